The van der Waals surface area contributed by atoms with Gasteiger partial charge in [-0.3, -0.25) is 0 Å². The van der Waals surface area contributed by atoms with Crippen molar-refractivity contribution in [3.63, 3.8) is 0 Å². The molecule has 1 aliphatic carbocycles. The van der Waals surface area contributed by atoms with Crippen LogP contribution >= 0.6 is 15.9 Å². The van der Waals surface area contributed by atoms with Gasteiger partial charge in [-0.15, -0.1) is 0 Å². The summed E-state index contributed by atoms with van der Waals surface area (Å²) in [6, 6.07) is 13.6. The van der Waals surface area contributed by atoms with E-state index in [0.29, 0.717) is 12.8 Å². The van der Waals surface area contributed by atoms with Gasteiger partial charge < -0.3 is 10.2 Å². The number of benzene rings is 2. The lowest BCUT2D eigenvalue weighted by Gasteiger charge is -2.34. The second-order valence-electron chi connectivity index (χ2n) is 9.62. The van der Waals surface area contributed by atoms with Crippen molar-refractivity contribution in [3.05, 3.63) is 57.6 Å². The normalized spacial score (nSPS) is 19.2. The molecule has 0 saturated heterocycles. The predicted octanol–water partition coefficient (Wildman–Crippen LogP) is 7.69. The Balaban J connectivity index is 1.94. The van der Waals surface area contributed by atoms with Crippen LogP contribution in [-0.2, 0) is 5.41 Å². The number of unbranched alkanes of at least 4 members (excludes halogenated alkanes) is 5. The maximum atomic E-state index is 10.6. The molecule has 0 bridgehead atoms. The summed E-state index contributed by atoms with van der Waals surface area (Å²) in [7, 11) is 0. The minimum atomic E-state index is -0.468. The first-order valence-corrected chi connectivity index (χ1v) is 12.9. The average Bonchev–Trinajstić information content (AvgIpc) is 2.97. The van der Waals surface area contributed by atoms with Crippen LogP contribution in [0.5, 0.6) is 0 Å². The molecule has 2 N–H and O–H groups in total. The molecule has 0 heterocycles. The highest BCUT2D eigenvalue weighted by molar-refractivity contribution is 9.10. The van der Waals surface area contributed by atoms with E-state index in [2.05, 4.69) is 66.2 Å². The Hall–Kier alpha value is -1.16. The third-order valence-corrected chi connectivity index (χ3v) is 7.45. The summed E-state index contributed by atoms with van der Waals surface area (Å²) >= 11 is 3.72. The molecule has 0 aromatic heterocycles. The van der Waals surface area contributed by atoms with E-state index in [0.717, 1.165) is 17.3 Å². The summed E-state index contributed by atoms with van der Waals surface area (Å²) in [5.74, 6) is 0. The molecule has 3 unspecified atom stereocenters. The molecule has 3 rings (SSSR count). The molecule has 3 heteroatoms. The number of aliphatic hydroxyl groups is 2. The van der Waals surface area contributed by atoms with Crippen LogP contribution in [0, 0.1) is 6.92 Å². The lowest BCUT2D eigenvalue weighted by molar-refractivity contribution is 0.0798. The van der Waals surface area contributed by atoms with Gasteiger partial charge in [-0.2, -0.15) is 0 Å². The lowest BCUT2D eigenvalue weighted by Crippen LogP contribution is -2.28. The number of halogens is 1. The molecule has 0 spiro atoms. The number of aliphatic hydroxyl groups excluding tert-OH is 2. The fraction of sp³-hybridized carbons (Fsp3) is 0.571. The Bertz CT molecular complexity index is 807. The molecular formula is C28H39BrO2. The molecule has 31 heavy (non-hydrogen) atoms. The fourth-order valence-corrected chi connectivity index (χ4v) is 5.74. The highest BCUT2D eigenvalue weighted by atomic mass is 79.9. The highest BCUT2D eigenvalue weighted by Crippen LogP contribution is 2.55. The predicted molar refractivity (Wildman–Crippen MR) is 135 cm³/mol. The number of rotatable bonds is 12. The Kier molecular flexibility index (Phi) is 8.78. The first-order valence-electron chi connectivity index (χ1n) is 12.1. The van der Waals surface area contributed by atoms with Crippen molar-refractivity contribution in [2.24, 2.45) is 0 Å². The Morgan fingerprint density at radius 3 is 2.23 bits per heavy atom. The Morgan fingerprint density at radius 1 is 0.871 bits per heavy atom. The fourth-order valence-electron chi connectivity index (χ4n) is 5.38. The van der Waals surface area contributed by atoms with Gasteiger partial charge in [0.25, 0.3) is 0 Å². The number of aryl methyl sites for hydroxylation is 1. The number of hydrogen-bond donors (Lipinski definition) is 2. The van der Waals surface area contributed by atoms with Gasteiger partial charge in [0.1, 0.15) is 0 Å². The van der Waals surface area contributed by atoms with Gasteiger partial charge in [-0.25, -0.2) is 0 Å². The summed E-state index contributed by atoms with van der Waals surface area (Å²) in [5.41, 5.74) is 6.75. The van der Waals surface area contributed by atoms with Crippen molar-refractivity contribution in [2.75, 3.05) is 0 Å². The van der Waals surface area contributed by atoms with Crippen LogP contribution < -0.4 is 0 Å². The van der Waals surface area contributed by atoms with E-state index in [1.165, 1.54) is 66.3 Å². The van der Waals surface area contributed by atoms with Gasteiger partial charge in [0, 0.05) is 9.89 Å². The van der Waals surface area contributed by atoms with Gasteiger partial charge >= 0.3 is 0 Å². The smallest absolute Gasteiger partial charge is 0.0565 e. The second-order valence-corrected chi connectivity index (χ2v) is 10.5. The van der Waals surface area contributed by atoms with Crippen LogP contribution in [0.1, 0.15) is 94.7 Å². The number of fused-ring (bicyclic) bond motifs is 3. The zero-order valence-corrected chi connectivity index (χ0v) is 21.0. The van der Waals surface area contributed by atoms with E-state index >= 15 is 0 Å². The van der Waals surface area contributed by atoms with Crippen molar-refractivity contribution in [3.8, 4) is 11.1 Å². The van der Waals surface area contributed by atoms with Crippen molar-refractivity contribution in [1.82, 2.24) is 0 Å². The third-order valence-electron chi connectivity index (χ3n) is 6.95. The van der Waals surface area contributed by atoms with E-state index in [1.54, 1.807) is 6.92 Å². The summed E-state index contributed by atoms with van der Waals surface area (Å²) in [4.78, 5) is 0. The van der Waals surface area contributed by atoms with Crippen molar-refractivity contribution in [2.45, 2.75) is 103 Å². The zero-order valence-electron chi connectivity index (χ0n) is 19.5. The monoisotopic (exact) mass is 486 g/mol. The minimum absolute atomic E-state index is 0.0646. The maximum absolute atomic E-state index is 10.6. The van der Waals surface area contributed by atoms with Crippen LogP contribution in [0.4, 0.5) is 0 Å². The SMILES string of the molecule is CCCCCCCCC1(CCC(O)CC(C)O)c2cc(C)ccc2-c2ccc(Br)cc21. The topological polar surface area (TPSA) is 40.5 Å². The van der Waals surface area contributed by atoms with Crippen molar-refractivity contribution >= 4 is 15.9 Å². The van der Waals surface area contributed by atoms with Crippen molar-refractivity contribution in [1.29, 1.82) is 0 Å². The van der Waals surface area contributed by atoms with E-state index in [-0.39, 0.29) is 5.41 Å². The summed E-state index contributed by atoms with van der Waals surface area (Å²) in [5, 5.41) is 20.3. The lowest BCUT2D eigenvalue weighted by atomic mass is 9.70. The Morgan fingerprint density at radius 2 is 1.52 bits per heavy atom. The first-order chi connectivity index (χ1) is 14.9. The molecule has 2 aromatic rings. The molecule has 3 atom stereocenters. The summed E-state index contributed by atoms with van der Waals surface area (Å²) < 4.78 is 1.12. The van der Waals surface area contributed by atoms with Crippen LogP contribution in [0.25, 0.3) is 11.1 Å². The van der Waals surface area contributed by atoms with Gasteiger partial charge in [0.05, 0.1) is 12.2 Å². The zero-order chi connectivity index (χ0) is 22.4. The molecule has 0 aliphatic heterocycles. The molecule has 0 saturated carbocycles. The molecule has 1 aliphatic rings. The van der Waals surface area contributed by atoms with Gasteiger partial charge in [-0.1, -0.05) is 91.2 Å². The quantitative estimate of drug-likeness (QED) is 0.301. The molecule has 2 aromatic carbocycles. The highest BCUT2D eigenvalue weighted by Gasteiger charge is 2.42. The Labute approximate surface area is 197 Å². The van der Waals surface area contributed by atoms with Gasteiger partial charge in [0.15, 0.2) is 0 Å². The number of hydrogen-bond acceptors (Lipinski definition) is 2. The third kappa shape index (κ3) is 5.80. The average molecular weight is 488 g/mol. The standard InChI is InChI=1S/C28H39BrO2/c1-4-5-6-7-8-9-15-28(16-14-23(31)18-21(3)30)26-17-20(2)10-12-24(26)25-13-11-22(29)19-27(25)28/h10-13,17,19,21,23,30-31H,4-9,14-16,18H2,1-3H3. The van der Waals surface area contributed by atoms with E-state index < -0.39 is 12.2 Å². The molecule has 0 radical (unpaired) electrons. The molecule has 0 fully saturated rings. The summed E-state index contributed by atoms with van der Waals surface area (Å²) in [6.45, 7) is 6.20. The molecule has 0 amide bonds. The van der Waals surface area contributed by atoms with E-state index in [4.69, 9.17) is 0 Å². The first kappa shape index (κ1) is 24.5. The molecular weight excluding hydrogens is 448 g/mol. The largest absolute Gasteiger partial charge is 0.393 e. The van der Waals surface area contributed by atoms with Crippen LogP contribution in [0.2, 0.25) is 0 Å². The molecule has 2 nitrogen and oxygen atoms in total. The van der Waals surface area contributed by atoms with Crippen LogP contribution in [0.3, 0.4) is 0 Å². The van der Waals surface area contributed by atoms with Crippen molar-refractivity contribution < 1.29 is 10.2 Å². The minimum Gasteiger partial charge on any atom is -0.393 e. The summed E-state index contributed by atoms with van der Waals surface area (Å²) in [6.07, 6.45) is 9.95. The van der Waals surface area contributed by atoms with Crippen LogP contribution in [0.15, 0.2) is 40.9 Å². The second kappa shape index (κ2) is 11.1. The van der Waals surface area contributed by atoms with E-state index in [1.807, 2.05) is 0 Å². The molecule has 170 valence electrons. The van der Waals surface area contributed by atoms with Gasteiger partial charge in [-0.05, 0) is 73.9 Å². The van der Waals surface area contributed by atoms with E-state index in [9.17, 15) is 10.2 Å². The maximum Gasteiger partial charge on any atom is 0.0565 e. The van der Waals surface area contributed by atoms with Gasteiger partial charge in [0.2, 0.25) is 0 Å². The van der Waals surface area contributed by atoms with Crippen LogP contribution in [-0.4, -0.2) is 22.4 Å².